The van der Waals surface area contributed by atoms with Crippen molar-refractivity contribution in [2.45, 2.75) is 18.6 Å². The largest absolute Gasteiger partial charge is 0.479 e. The molecule has 1 aromatic rings. The van der Waals surface area contributed by atoms with Crippen LogP contribution in [0.5, 0.6) is 0 Å². The van der Waals surface area contributed by atoms with Crippen LogP contribution in [0.1, 0.15) is 18.0 Å². The number of aliphatic hydroxyl groups excluding tert-OH is 1. The second kappa shape index (κ2) is 4.96. The number of carbonyl (C=O) groups is 2. The minimum atomic E-state index is -1.14. The fraction of sp³-hybridized carbons (Fsp3) is 0.333. The highest BCUT2D eigenvalue weighted by molar-refractivity contribution is 6.30. The van der Waals surface area contributed by atoms with Crippen LogP contribution in [-0.2, 0) is 9.59 Å². The monoisotopic (exact) mass is 269 g/mol. The van der Waals surface area contributed by atoms with Crippen LogP contribution in [0.2, 0.25) is 5.02 Å². The summed E-state index contributed by atoms with van der Waals surface area (Å²) < 4.78 is 0. The van der Waals surface area contributed by atoms with E-state index in [4.69, 9.17) is 11.6 Å². The first-order valence-electron chi connectivity index (χ1n) is 5.45. The van der Waals surface area contributed by atoms with Crippen molar-refractivity contribution in [3.63, 3.8) is 0 Å². The molecule has 6 heteroatoms. The molecule has 96 valence electrons. The molecule has 1 aromatic carbocycles. The number of hydrogen-bond donors (Lipinski definition) is 2. The van der Waals surface area contributed by atoms with Crippen molar-refractivity contribution < 1.29 is 19.8 Å². The van der Waals surface area contributed by atoms with Gasteiger partial charge in [-0.2, -0.15) is 0 Å². The van der Waals surface area contributed by atoms with Gasteiger partial charge in [0.05, 0.1) is 12.5 Å². The molecule has 1 amide bonds. The molecular formula is C12H12ClNO4. The molecule has 2 unspecified atom stereocenters. The molecule has 1 saturated heterocycles. The van der Waals surface area contributed by atoms with Crippen molar-refractivity contribution >= 4 is 23.5 Å². The minimum Gasteiger partial charge on any atom is -0.479 e. The van der Waals surface area contributed by atoms with Crippen molar-refractivity contribution in [3.05, 3.63) is 34.9 Å². The van der Waals surface area contributed by atoms with Crippen LogP contribution in [-0.4, -0.2) is 39.6 Å². The maximum atomic E-state index is 11.7. The first-order chi connectivity index (χ1) is 8.49. The zero-order valence-electron chi connectivity index (χ0n) is 9.41. The number of likely N-dealkylation sites (tertiary alicyclic amines) is 1. The van der Waals surface area contributed by atoms with Crippen molar-refractivity contribution in [1.82, 2.24) is 4.90 Å². The second-order valence-corrected chi connectivity index (χ2v) is 4.64. The van der Waals surface area contributed by atoms with E-state index >= 15 is 0 Å². The molecule has 0 spiro atoms. The van der Waals surface area contributed by atoms with Crippen LogP contribution in [0.3, 0.4) is 0 Å². The molecule has 1 aliphatic rings. The van der Waals surface area contributed by atoms with Gasteiger partial charge in [0.25, 0.3) is 0 Å². The number of carboxylic acid groups (broad SMARTS) is 1. The average Bonchev–Trinajstić information content (AvgIpc) is 2.58. The third-order valence-corrected chi connectivity index (χ3v) is 3.08. The molecule has 5 nitrogen and oxygen atoms in total. The van der Waals surface area contributed by atoms with E-state index in [1.165, 1.54) is 11.0 Å². The number of nitrogens with zero attached hydrogens (tertiary/aromatic N) is 1. The lowest BCUT2D eigenvalue weighted by Crippen LogP contribution is -2.35. The number of carboxylic acids is 1. The molecule has 0 bridgehead atoms. The summed E-state index contributed by atoms with van der Waals surface area (Å²) >= 11 is 5.82. The second-order valence-electron chi connectivity index (χ2n) is 4.20. The highest BCUT2D eigenvalue weighted by atomic mass is 35.5. The van der Waals surface area contributed by atoms with Gasteiger partial charge < -0.3 is 15.1 Å². The zero-order chi connectivity index (χ0) is 13.3. The Bertz CT molecular complexity index is 491. The summed E-state index contributed by atoms with van der Waals surface area (Å²) in [6.45, 7) is 0.0301. The molecule has 0 aliphatic carbocycles. The number of rotatable bonds is 3. The van der Waals surface area contributed by atoms with Crippen LogP contribution >= 0.6 is 11.6 Å². The Morgan fingerprint density at radius 3 is 2.72 bits per heavy atom. The molecule has 0 saturated carbocycles. The van der Waals surface area contributed by atoms with E-state index < -0.39 is 18.1 Å². The Labute approximate surface area is 109 Å². The predicted molar refractivity (Wildman–Crippen MR) is 64.2 cm³/mol. The molecule has 1 aliphatic heterocycles. The van der Waals surface area contributed by atoms with Crippen molar-refractivity contribution in [3.8, 4) is 0 Å². The summed E-state index contributed by atoms with van der Waals surface area (Å²) in [7, 11) is 0. The van der Waals surface area contributed by atoms with E-state index in [1.807, 2.05) is 0 Å². The van der Waals surface area contributed by atoms with E-state index in [0.29, 0.717) is 10.6 Å². The standard InChI is InChI=1S/C12H12ClNO4/c13-8-3-1-2-7(4-8)11(12(17)18)14-6-9(15)5-10(14)16/h1-4,9,11,15H,5-6H2,(H,17,18). The molecule has 0 aromatic heterocycles. The fourth-order valence-corrected chi connectivity index (χ4v) is 2.29. The number of halogens is 1. The molecular weight excluding hydrogens is 258 g/mol. The Hall–Kier alpha value is -1.59. The van der Waals surface area contributed by atoms with E-state index in [2.05, 4.69) is 0 Å². The third kappa shape index (κ3) is 2.47. The molecule has 2 rings (SSSR count). The first kappa shape index (κ1) is 12.9. The van der Waals surface area contributed by atoms with Crippen molar-refractivity contribution in [2.75, 3.05) is 6.54 Å². The minimum absolute atomic E-state index is 0.0301. The number of carbonyl (C=O) groups excluding carboxylic acids is 1. The summed E-state index contributed by atoms with van der Waals surface area (Å²) in [6.07, 6.45) is -0.844. The molecule has 2 atom stereocenters. The Morgan fingerprint density at radius 2 is 2.22 bits per heavy atom. The summed E-state index contributed by atoms with van der Waals surface area (Å²) in [5, 5.41) is 19.1. The maximum absolute atomic E-state index is 11.7. The summed E-state index contributed by atoms with van der Waals surface area (Å²) in [4.78, 5) is 24.2. The quantitative estimate of drug-likeness (QED) is 0.860. The Morgan fingerprint density at radius 1 is 1.50 bits per heavy atom. The number of aliphatic hydroxyl groups is 1. The molecule has 2 N–H and O–H groups in total. The molecule has 1 heterocycles. The SMILES string of the molecule is O=C(O)C(c1cccc(Cl)c1)N1CC(O)CC1=O. The van der Waals surface area contributed by atoms with Crippen molar-refractivity contribution in [2.24, 2.45) is 0 Å². The highest BCUT2D eigenvalue weighted by Crippen LogP contribution is 2.28. The summed E-state index contributed by atoms with van der Waals surface area (Å²) in [6, 6.07) is 5.27. The number of benzene rings is 1. The Balaban J connectivity index is 2.35. The third-order valence-electron chi connectivity index (χ3n) is 2.85. The van der Waals surface area contributed by atoms with Gasteiger partial charge >= 0.3 is 5.97 Å². The average molecular weight is 270 g/mol. The number of amides is 1. The topological polar surface area (TPSA) is 77.8 Å². The van der Waals surface area contributed by atoms with Gasteiger partial charge in [0.15, 0.2) is 6.04 Å². The fourth-order valence-electron chi connectivity index (χ4n) is 2.09. The van der Waals surface area contributed by atoms with E-state index in [1.54, 1.807) is 18.2 Å². The van der Waals surface area contributed by atoms with E-state index in [9.17, 15) is 19.8 Å². The van der Waals surface area contributed by atoms with E-state index in [0.717, 1.165) is 0 Å². The van der Waals surface area contributed by atoms with Gasteiger partial charge in [0.2, 0.25) is 5.91 Å². The summed E-state index contributed by atoms with van der Waals surface area (Å²) in [5.41, 5.74) is 0.428. The van der Waals surface area contributed by atoms with E-state index in [-0.39, 0.29) is 18.9 Å². The number of β-amino-alcohol motifs (C(OH)–C–C–N with tert-alkyl or cyclic N) is 1. The van der Waals surface area contributed by atoms with Gasteiger partial charge in [0, 0.05) is 11.6 Å². The smallest absolute Gasteiger partial charge is 0.331 e. The van der Waals surface area contributed by atoms with Gasteiger partial charge in [-0.25, -0.2) is 4.79 Å². The van der Waals surface area contributed by atoms with Gasteiger partial charge in [-0.15, -0.1) is 0 Å². The number of aliphatic carboxylic acids is 1. The lowest BCUT2D eigenvalue weighted by atomic mass is 10.1. The predicted octanol–water partition coefficient (Wildman–Crippen LogP) is 1.06. The molecule has 18 heavy (non-hydrogen) atoms. The lowest BCUT2D eigenvalue weighted by Gasteiger charge is -2.24. The van der Waals surface area contributed by atoms with Crippen LogP contribution in [0.25, 0.3) is 0 Å². The Kier molecular flexibility index (Phi) is 3.54. The van der Waals surface area contributed by atoms with Gasteiger partial charge in [-0.05, 0) is 17.7 Å². The van der Waals surface area contributed by atoms with Crippen molar-refractivity contribution in [1.29, 1.82) is 0 Å². The van der Waals surface area contributed by atoms with Gasteiger partial charge in [-0.1, -0.05) is 23.7 Å². The van der Waals surface area contributed by atoms with Crippen LogP contribution in [0, 0.1) is 0 Å². The first-order valence-corrected chi connectivity index (χ1v) is 5.82. The normalized spacial score (nSPS) is 21.1. The lowest BCUT2D eigenvalue weighted by molar-refractivity contribution is -0.148. The van der Waals surface area contributed by atoms with Crippen LogP contribution in [0.4, 0.5) is 0 Å². The van der Waals surface area contributed by atoms with Crippen LogP contribution in [0.15, 0.2) is 24.3 Å². The molecule has 1 fully saturated rings. The highest BCUT2D eigenvalue weighted by Gasteiger charge is 2.37. The maximum Gasteiger partial charge on any atom is 0.331 e. The van der Waals surface area contributed by atoms with Gasteiger partial charge in [-0.3, -0.25) is 4.79 Å². The number of hydrogen-bond acceptors (Lipinski definition) is 3. The zero-order valence-corrected chi connectivity index (χ0v) is 10.2. The van der Waals surface area contributed by atoms with Gasteiger partial charge in [0.1, 0.15) is 0 Å². The van der Waals surface area contributed by atoms with Crippen LogP contribution < -0.4 is 0 Å². The summed E-state index contributed by atoms with van der Waals surface area (Å²) in [5.74, 6) is -1.51. The molecule has 0 radical (unpaired) electrons.